The molecule has 1 N–H and O–H groups in total. The molecule has 0 spiro atoms. The Morgan fingerprint density at radius 2 is 1.87 bits per heavy atom. The Morgan fingerprint density at radius 3 is 2.63 bits per heavy atom. The van der Waals surface area contributed by atoms with Gasteiger partial charge in [0.05, 0.1) is 5.02 Å². The number of likely N-dealkylation sites (tertiary alicyclic amines) is 1. The number of piperidine rings is 1. The Hall–Kier alpha value is -3.06. The van der Waals surface area contributed by atoms with Crippen molar-refractivity contribution >= 4 is 35.2 Å². The molecule has 0 unspecified atom stereocenters. The number of nitrogens with one attached hydrogen (secondary N) is 1. The van der Waals surface area contributed by atoms with Gasteiger partial charge in [0.25, 0.3) is 0 Å². The van der Waals surface area contributed by atoms with Crippen LogP contribution in [0.1, 0.15) is 18.4 Å². The summed E-state index contributed by atoms with van der Waals surface area (Å²) in [5.41, 5.74) is 1.30. The van der Waals surface area contributed by atoms with Crippen molar-refractivity contribution in [1.29, 1.82) is 0 Å². The van der Waals surface area contributed by atoms with Gasteiger partial charge >= 0.3 is 0 Å². The summed E-state index contributed by atoms with van der Waals surface area (Å²) in [5, 5.41) is 2.92. The molecule has 8 heteroatoms. The topological polar surface area (TPSA) is 67.9 Å². The maximum absolute atomic E-state index is 13.2. The van der Waals surface area contributed by atoms with Crippen molar-refractivity contribution in [2.24, 2.45) is 5.92 Å². The minimum atomic E-state index is -0.499. The summed E-state index contributed by atoms with van der Waals surface area (Å²) in [5.74, 6) is 0.390. The number of fused-ring (bicyclic) bond motifs is 1. The van der Waals surface area contributed by atoms with Gasteiger partial charge in [0.2, 0.25) is 18.6 Å². The Balaban J connectivity index is 1.28. The average molecular weight is 431 g/mol. The SMILES string of the molecule is O=C(Nc1ccc2c(c1)OCO2)C1CCN(C(=O)/C=C/c2ccc(F)c(Cl)c2)CC1. The van der Waals surface area contributed by atoms with Crippen molar-refractivity contribution in [1.82, 2.24) is 4.90 Å². The normalized spacial score (nSPS) is 16.1. The van der Waals surface area contributed by atoms with E-state index in [0.717, 1.165) is 0 Å². The van der Waals surface area contributed by atoms with Crippen LogP contribution in [0.5, 0.6) is 11.5 Å². The van der Waals surface area contributed by atoms with Gasteiger partial charge in [0, 0.05) is 36.8 Å². The molecule has 1 saturated heterocycles. The van der Waals surface area contributed by atoms with Gasteiger partial charge in [-0.2, -0.15) is 0 Å². The predicted octanol–water partition coefficient (Wildman–Crippen LogP) is 4.10. The van der Waals surface area contributed by atoms with Gasteiger partial charge in [-0.15, -0.1) is 0 Å². The number of amides is 2. The van der Waals surface area contributed by atoms with Crippen LogP contribution < -0.4 is 14.8 Å². The highest BCUT2D eigenvalue weighted by Crippen LogP contribution is 2.34. The van der Waals surface area contributed by atoms with Gasteiger partial charge in [-0.25, -0.2) is 4.39 Å². The van der Waals surface area contributed by atoms with Gasteiger partial charge in [0.1, 0.15) is 5.82 Å². The van der Waals surface area contributed by atoms with Crippen LogP contribution in [0.15, 0.2) is 42.5 Å². The van der Waals surface area contributed by atoms with Crippen LogP contribution in [0.2, 0.25) is 5.02 Å². The van der Waals surface area contributed by atoms with Gasteiger partial charge in [-0.3, -0.25) is 9.59 Å². The van der Waals surface area contributed by atoms with Crippen molar-refractivity contribution in [2.45, 2.75) is 12.8 Å². The van der Waals surface area contributed by atoms with E-state index >= 15 is 0 Å². The van der Waals surface area contributed by atoms with Crippen molar-refractivity contribution in [3.63, 3.8) is 0 Å². The highest BCUT2D eigenvalue weighted by molar-refractivity contribution is 6.30. The molecule has 2 heterocycles. The number of ether oxygens (including phenoxy) is 2. The van der Waals surface area contributed by atoms with Gasteiger partial charge in [0.15, 0.2) is 11.5 Å². The minimum Gasteiger partial charge on any atom is -0.454 e. The fourth-order valence-electron chi connectivity index (χ4n) is 3.47. The third-order valence-electron chi connectivity index (χ3n) is 5.18. The first-order valence-electron chi connectivity index (χ1n) is 9.62. The first-order valence-corrected chi connectivity index (χ1v) is 10.00. The van der Waals surface area contributed by atoms with Gasteiger partial charge in [-0.05, 0) is 48.7 Å². The molecule has 4 rings (SSSR count). The molecule has 2 aromatic carbocycles. The summed E-state index contributed by atoms with van der Waals surface area (Å²) in [6.45, 7) is 1.17. The van der Waals surface area contributed by atoms with Gasteiger partial charge < -0.3 is 19.7 Å². The largest absolute Gasteiger partial charge is 0.454 e. The fourth-order valence-corrected chi connectivity index (χ4v) is 3.66. The number of carbonyl (C=O) groups excluding carboxylic acids is 2. The van der Waals surface area contributed by atoms with Crippen molar-refractivity contribution < 1.29 is 23.5 Å². The lowest BCUT2D eigenvalue weighted by molar-refractivity contribution is -0.130. The second-order valence-electron chi connectivity index (χ2n) is 7.16. The molecule has 0 bridgehead atoms. The number of anilines is 1. The Kier molecular flexibility index (Phi) is 5.90. The molecule has 156 valence electrons. The van der Waals surface area contributed by atoms with E-state index in [1.54, 1.807) is 35.2 Å². The zero-order chi connectivity index (χ0) is 21.1. The Morgan fingerprint density at radius 1 is 1.10 bits per heavy atom. The van der Waals surface area contributed by atoms with Crippen molar-refractivity contribution in [3.8, 4) is 11.5 Å². The second kappa shape index (κ2) is 8.75. The molecule has 0 atom stereocenters. The Labute approximate surface area is 178 Å². The van der Waals surface area contributed by atoms with Crippen molar-refractivity contribution in [2.75, 3.05) is 25.2 Å². The third-order valence-corrected chi connectivity index (χ3v) is 5.47. The molecule has 0 saturated carbocycles. The molecule has 2 aliphatic rings. The maximum atomic E-state index is 13.2. The van der Waals surface area contributed by atoms with E-state index in [1.807, 2.05) is 0 Å². The molecule has 0 aliphatic carbocycles. The van der Waals surface area contributed by atoms with Crippen molar-refractivity contribution in [3.05, 3.63) is 58.9 Å². The van der Waals surface area contributed by atoms with Crippen LogP contribution in [0.3, 0.4) is 0 Å². The van der Waals surface area contributed by atoms with Crippen LogP contribution in [0.4, 0.5) is 10.1 Å². The van der Waals surface area contributed by atoms with E-state index < -0.39 is 5.82 Å². The number of nitrogens with zero attached hydrogens (tertiary/aromatic N) is 1. The van der Waals surface area contributed by atoms with Crippen LogP contribution in [0, 0.1) is 11.7 Å². The summed E-state index contributed by atoms with van der Waals surface area (Å²) < 4.78 is 23.8. The monoisotopic (exact) mass is 430 g/mol. The lowest BCUT2D eigenvalue weighted by Gasteiger charge is -2.30. The zero-order valence-electron chi connectivity index (χ0n) is 16.1. The van der Waals surface area contributed by atoms with Crippen LogP contribution in [-0.4, -0.2) is 36.6 Å². The molecule has 0 aromatic heterocycles. The number of hydrogen-bond donors (Lipinski definition) is 1. The number of carbonyl (C=O) groups is 2. The first-order chi connectivity index (χ1) is 14.5. The summed E-state index contributed by atoms with van der Waals surface area (Å²) in [6.07, 6.45) is 4.21. The minimum absolute atomic E-state index is 0.0129. The van der Waals surface area contributed by atoms with E-state index in [0.29, 0.717) is 48.7 Å². The molecule has 2 aromatic rings. The molecule has 30 heavy (non-hydrogen) atoms. The highest BCUT2D eigenvalue weighted by Gasteiger charge is 2.27. The number of hydrogen-bond acceptors (Lipinski definition) is 4. The third kappa shape index (κ3) is 4.57. The maximum Gasteiger partial charge on any atom is 0.246 e. The predicted molar refractivity (Wildman–Crippen MR) is 111 cm³/mol. The molecule has 6 nitrogen and oxygen atoms in total. The van der Waals surface area contributed by atoms with Crippen LogP contribution in [-0.2, 0) is 9.59 Å². The summed E-state index contributed by atoms with van der Waals surface area (Å²) >= 11 is 5.75. The molecule has 2 amide bonds. The van der Waals surface area contributed by atoms with E-state index in [9.17, 15) is 14.0 Å². The van der Waals surface area contributed by atoms with E-state index in [-0.39, 0.29) is 29.5 Å². The highest BCUT2D eigenvalue weighted by atomic mass is 35.5. The molecular weight excluding hydrogens is 411 g/mol. The lowest BCUT2D eigenvalue weighted by Crippen LogP contribution is -2.40. The average Bonchev–Trinajstić information content (AvgIpc) is 3.22. The second-order valence-corrected chi connectivity index (χ2v) is 7.57. The summed E-state index contributed by atoms with van der Waals surface area (Å²) in [6, 6.07) is 9.56. The molecular formula is C22H20ClFN2O4. The first kappa shape index (κ1) is 20.2. The smallest absolute Gasteiger partial charge is 0.246 e. The van der Waals surface area contributed by atoms with E-state index in [2.05, 4.69) is 5.32 Å². The summed E-state index contributed by atoms with van der Waals surface area (Å²) in [7, 11) is 0. The fraction of sp³-hybridized carbons (Fsp3) is 0.273. The zero-order valence-corrected chi connectivity index (χ0v) is 16.8. The molecule has 0 radical (unpaired) electrons. The van der Waals surface area contributed by atoms with Gasteiger partial charge in [-0.1, -0.05) is 17.7 Å². The number of halogens is 2. The standard InChI is InChI=1S/C22H20ClFN2O4/c23-17-11-14(1-4-18(17)24)2-6-21(27)26-9-7-15(8-10-26)22(28)25-16-3-5-19-20(12-16)30-13-29-19/h1-6,11-12,15H,7-10,13H2,(H,25,28)/b6-2+. The number of benzene rings is 2. The van der Waals surface area contributed by atoms with E-state index in [4.69, 9.17) is 21.1 Å². The Bertz CT molecular complexity index is 1000. The van der Waals surface area contributed by atoms with Crippen LogP contribution >= 0.6 is 11.6 Å². The molecule has 2 aliphatic heterocycles. The summed E-state index contributed by atoms with van der Waals surface area (Å²) in [4.78, 5) is 26.7. The quantitative estimate of drug-likeness (QED) is 0.741. The molecule has 1 fully saturated rings. The van der Waals surface area contributed by atoms with E-state index in [1.165, 1.54) is 18.2 Å². The lowest BCUT2D eigenvalue weighted by atomic mass is 9.95. The van der Waals surface area contributed by atoms with Crippen LogP contribution in [0.25, 0.3) is 6.08 Å². The number of rotatable bonds is 4.